The Morgan fingerprint density at radius 1 is 1.44 bits per heavy atom. The molecule has 0 aromatic carbocycles. The second-order valence-electron chi connectivity index (χ2n) is 2.89. The lowest BCUT2D eigenvalue weighted by Gasteiger charge is -2.36. The molecular formula is C6H10N2O. The van der Waals surface area contributed by atoms with Gasteiger partial charge in [-0.3, -0.25) is 4.79 Å². The minimum atomic E-state index is 0.0139. The number of β-lactam (4-membered cyclic amide) rings is 1. The van der Waals surface area contributed by atoms with E-state index in [9.17, 15) is 4.79 Å². The van der Waals surface area contributed by atoms with E-state index >= 15 is 0 Å². The molecule has 3 heteroatoms. The molecule has 1 atom stereocenters. The molecule has 2 N–H and O–H groups in total. The van der Waals surface area contributed by atoms with Gasteiger partial charge in [-0.2, -0.15) is 0 Å². The van der Waals surface area contributed by atoms with E-state index in [0.29, 0.717) is 0 Å². The number of hydrogen-bond acceptors (Lipinski definition) is 2. The number of hydrogen-bond donors (Lipinski definition) is 2. The Kier molecular flexibility index (Phi) is 0.858. The third-order valence-corrected chi connectivity index (χ3v) is 2.31. The molecule has 0 saturated carbocycles. The van der Waals surface area contributed by atoms with Crippen LogP contribution in [0.4, 0.5) is 0 Å². The molecule has 0 aromatic heterocycles. The fourth-order valence-corrected chi connectivity index (χ4v) is 1.50. The van der Waals surface area contributed by atoms with Crippen LogP contribution in [0, 0.1) is 5.41 Å². The molecule has 9 heavy (non-hydrogen) atoms. The maximum Gasteiger partial charge on any atom is 0.229 e. The van der Waals surface area contributed by atoms with Gasteiger partial charge >= 0.3 is 0 Å². The Morgan fingerprint density at radius 2 is 2.33 bits per heavy atom. The SMILES string of the molecule is O=C1NC[C@]12CCNC2. The minimum absolute atomic E-state index is 0.0139. The summed E-state index contributed by atoms with van der Waals surface area (Å²) in [5, 5.41) is 5.95. The number of rotatable bonds is 0. The van der Waals surface area contributed by atoms with E-state index in [1.54, 1.807) is 0 Å². The highest BCUT2D eigenvalue weighted by Gasteiger charge is 2.47. The molecule has 0 bridgehead atoms. The molecule has 50 valence electrons. The average Bonchev–Trinajstić information content (AvgIpc) is 2.34. The van der Waals surface area contributed by atoms with Gasteiger partial charge in [-0.05, 0) is 13.0 Å². The second kappa shape index (κ2) is 1.48. The molecule has 1 amide bonds. The third-order valence-electron chi connectivity index (χ3n) is 2.31. The van der Waals surface area contributed by atoms with Crippen molar-refractivity contribution in [1.29, 1.82) is 0 Å². The van der Waals surface area contributed by atoms with Crippen LogP contribution in [-0.2, 0) is 4.79 Å². The van der Waals surface area contributed by atoms with Gasteiger partial charge in [0.2, 0.25) is 5.91 Å². The standard InChI is InChI=1S/C6H10N2O/c9-5-6(4-8-5)1-2-7-3-6/h7H,1-4H2,(H,8,9)/t6-/m1/s1. The summed E-state index contributed by atoms with van der Waals surface area (Å²) in [6, 6.07) is 0. The minimum Gasteiger partial charge on any atom is -0.354 e. The Hall–Kier alpha value is -0.570. The number of amides is 1. The van der Waals surface area contributed by atoms with Crippen LogP contribution < -0.4 is 10.6 Å². The second-order valence-corrected chi connectivity index (χ2v) is 2.89. The summed E-state index contributed by atoms with van der Waals surface area (Å²) in [7, 11) is 0. The van der Waals surface area contributed by atoms with Gasteiger partial charge in [0.1, 0.15) is 0 Å². The van der Waals surface area contributed by atoms with Gasteiger partial charge in [0, 0.05) is 13.1 Å². The van der Waals surface area contributed by atoms with Crippen LogP contribution in [0.5, 0.6) is 0 Å². The van der Waals surface area contributed by atoms with Crippen molar-refractivity contribution in [2.75, 3.05) is 19.6 Å². The lowest BCUT2D eigenvalue weighted by molar-refractivity contribution is -0.138. The number of carbonyl (C=O) groups excluding carboxylic acids is 1. The van der Waals surface area contributed by atoms with Crippen molar-refractivity contribution in [3.63, 3.8) is 0 Å². The van der Waals surface area contributed by atoms with Crippen LogP contribution in [0.2, 0.25) is 0 Å². The first-order valence-corrected chi connectivity index (χ1v) is 3.33. The normalized spacial score (nSPS) is 40.7. The van der Waals surface area contributed by atoms with Crippen molar-refractivity contribution in [2.45, 2.75) is 6.42 Å². The summed E-state index contributed by atoms with van der Waals surface area (Å²) < 4.78 is 0. The molecule has 0 aliphatic carbocycles. The van der Waals surface area contributed by atoms with E-state index in [1.165, 1.54) is 0 Å². The molecule has 0 aromatic rings. The van der Waals surface area contributed by atoms with E-state index in [1.807, 2.05) is 0 Å². The van der Waals surface area contributed by atoms with Crippen molar-refractivity contribution >= 4 is 5.91 Å². The van der Waals surface area contributed by atoms with Crippen molar-refractivity contribution in [3.05, 3.63) is 0 Å². The van der Waals surface area contributed by atoms with Crippen LogP contribution in [-0.4, -0.2) is 25.5 Å². The monoisotopic (exact) mass is 126 g/mol. The van der Waals surface area contributed by atoms with Gasteiger partial charge < -0.3 is 10.6 Å². The van der Waals surface area contributed by atoms with E-state index < -0.39 is 0 Å². The maximum absolute atomic E-state index is 10.9. The van der Waals surface area contributed by atoms with E-state index in [0.717, 1.165) is 26.1 Å². The van der Waals surface area contributed by atoms with Gasteiger partial charge in [-0.25, -0.2) is 0 Å². The predicted molar refractivity (Wildman–Crippen MR) is 32.9 cm³/mol. The lowest BCUT2D eigenvalue weighted by Crippen LogP contribution is -2.59. The largest absolute Gasteiger partial charge is 0.354 e. The summed E-state index contributed by atoms with van der Waals surface area (Å²) in [5.41, 5.74) is 0.0139. The Morgan fingerprint density at radius 3 is 2.56 bits per heavy atom. The lowest BCUT2D eigenvalue weighted by atomic mass is 9.80. The van der Waals surface area contributed by atoms with Crippen LogP contribution in [0.3, 0.4) is 0 Å². The molecule has 2 heterocycles. The maximum atomic E-state index is 10.9. The summed E-state index contributed by atoms with van der Waals surface area (Å²) in [4.78, 5) is 10.9. The smallest absolute Gasteiger partial charge is 0.229 e. The van der Waals surface area contributed by atoms with Crippen molar-refractivity contribution in [1.82, 2.24) is 10.6 Å². The molecule has 0 radical (unpaired) electrons. The third kappa shape index (κ3) is 0.525. The average molecular weight is 126 g/mol. The van der Waals surface area contributed by atoms with Gasteiger partial charge in [0.25, 0.3) is 0 Å². The van der Waals surface area contributed by atoms with Crippen LogP contribution in [0.15, 0.2) is 0 Å². The fraction of sp³-hybridized carbons (Fsp3) is 0.833. The highest BCUT2D eigenvalue weighted by Crippen LogP contribution is 2.30. The van der Waals surface area contributed by atoms with Crippen molar-refractivity contribution in [3.8, 4) is 0 Å². The van der Waals surface area contributed by atoms with E-state index in [-0.39, 0.29) is 11.3 Å². The summed E-state index contributed by atoms with van der Waals surface area (Å²) in [6.07, 6.45) is 1.03. The predicted octanol–water partition coefficient (Wildman–Crippen LogP) is -0.904. The summed E-state index contributed by atoms with van der Waals surface area (Å²) >= 11 is 0. The van der Waals surface area contributed by atoms with Crippen molar-refractivity contribution in [2.24, 2.45) is 5.41 Å². The first-order chi connectivity index (χ1) is 4.33. The number of nitrogens with one attached hydrogen (secondary N) is 2. The van der Waals surface area contributed by atoms with Gasteiger partial charge in [0.15, 0.2) is 0 Å². The van der Waals surface area contributed by atoms with Crippen LogP contribution in [0.1, 0.15) is 6.42 Å². The Bertz CT molecular complexity index is 149. The molecular weight excluding hydrogens is 116 g/mol. The Balaban J connectivity index is 2.14. The zero-order valence-electron chi connectivity index (χ0n) is 5.24. The molecule has 2 saturated heterocycles. The quantitative estimate of drug-likeness (QED) is 0.413. The Labute approximate surface area is 53.8 Å². The zero-order valence-corrected chi connectivity index (χ0v) is 5.24. The van der Waals surface area contributed by atoms with Crippen molar-refractivity contribution < 1.29 is 4.79 Å². The zero-order chi connectivity index (χ0) is 6.32. The number of carbonyl (C=O) groups is 1. The van der Waals surface area contributed by atoms with Gasteiger partial charge in [-0.15, -0.1) is 0 Å². The molecule has 3 nitrogen and oxygen atoms in total. The van der Waals surface area contributed by atoms with E-state index in [4.69, 9.17) is 0 Å². The van der Waals surface area contributed by atoms with Crippen LogP contribution >= 0.6 is 0 Å². The van der Waals surface area contributed by atoms with Gasteiger partial charge in [-0.1, -0.05) is 0 Å². The molecule has 2 aliphatic heterocycles. The van der Waals surface area contributed by atoms with E-state index in [2.05, 4.69) is 10.6 Å². The first-order valence-electron chi connectivity index (χ1n) is 3.33. The fourth-order valence-electron chi connectivity index (χ4n) is 1.50. The summed E-state index contributed by atoms with van der Waals surface area (Å²) in [6.45, 7) is 2.78. The summed E-state index contributed by atoms with van der Waals surface area (Å²) in [5.74, 6) is 0.243. The first kappa shape index (κ1) is 5.23. The van der Waals surface area contributed by atoms with Gasteiger partial charge in [0.05, 0.1) is 5.41 Å². The molecule has 1 spiro atoms. The topological polar surface area (TPSA) is 41.1 Å². The highest BCUT2D eigenvalue weighted by molar-refractivity contribution is 5.89. The highest BCUT2D eigenvalue weighted by atomic mass is 16.2. The molecule has 2 fully saturated rings. The van der Waals surface area contributed by atoms with Crippen LogP contribution in [0.25, 0.3) is 0 Å². The molecule has 2 rings (SSSR count). The molecule has 0 unspecified atom stereocenters. The molecule has 2 aliphatic rings.